The SMILES string of the molecule is CCn1c(O)c(N=NC(=O)CCCNC(=O)c2ccccc2)c2ccccc21. The van der Waals surface area contributed by atoms with Crippen LogP contribution in [0.1, 0.15) is 30.1 Å². The molecular formula is C21H22N4O3. The Morgan fingerprint density at radius 1 is 1.07 bits per heavy atom. The van der Waals surface area contributed by atoms with Crippen LogP contribution in [0.2, 0.25) is 0 Å². The Labute approximate surface area is 162 Å². The lowest BCUT2D eigenvalue weighted by Gasteiger charge is -2.03. The maximum absolute atomic E-state index is 12.0. The summed E-state index contributed by atoms with van der Waals surface area (Å²) in [6, 6.07) is 16.3. The molecule has 0 fully saturated rings. The van der Waals surface area contributed by atoms with Crippen LogP contribution in [0.25, 0.3) is 10.9 Å². The van der Waals surface area contributed by atoms with Crippen LogP contribution in [-0.4, -0.2) is 28.0 Å². The molecule has 0 saturated heterocycles. The average Bonchev–Trinajstić information content (AvgIpc) is 3.00. The van der Waals surface area contributed by atoms with Crippen LogP contribution in [-0.2, 0) is 11.3 Å². The first-order valence-corrected chi connectivity index (χ1v) is 9.19. The highest BCUT2D eigenvalue weighted by atomic mass is 16.3. The van der Waals surface area contributed by atoms with Gasteiger partial charge in [-0.15, -0.1) is 10.2 Å². The predicted octanol–water partition coefficient (Wildman–Crippen LogP) is 4.19. The van der Waals surface area contributed by atoms with E-state index in [-0.39, 0.29) is 18.2 Å². The minimum absolute atomic E-state index is 0.00428. The molecule has 0 radical (unpaired) electrons. The zero-order chi connectivity index (χ0) is 19.9. The summed E-state index contributed by atoms with van der Waals surface area (Å²) in [5.74, 6) is -0.580. The van der Waals surface area contributed by atoms with Gasteiger partial charge in [0.05, 0.1) is 5.52 Å². The summed E-state index contributed by atoms with van der Waals surface area (Å²) in [5.41, 5.74) is 1.71. The normalized spacial score (nSPS) is 11.2. The smallest absolute Gasteiger partial charge is 0.264 e. The molecule has 0 saturated carbocycles. The van der Waals surface area contributed by atoms with Crippen LogP contribution in [0.15, 0.2) is 64.8 Å². The molecule has 7 nitrogen and oxygen atoms in total. The standard InChI is InChI=1S/C21H22N4O3/c1-2-25-17-12-7-6-11-16(17)19(21(25)28)24-23-18(26)13-8-14-22-20(27)15-9-4-3-5-10-15/h3-7,9-12,28H,2,8,13-14H2,1H3,(H,22,27). The topological polar surface area (TPSA) is 96.0 Å². The monoisotopic (exact) mass is 378 g/mol. The number of azo groups is 1. The second kappa shape index (κ2) is 8.94. The summed E-state index contributed by atoms with van der Waals surface area (Å²) in [6.07, 6.45) is 0.616. The molecule has 0 atom stereocenters. The van der Waals surface area contributed by atoms with Crippen molar-refractivity contribution in [3.05, 3.63) is 60.2 Å². The number of para-hydroxylation sites is 1. The van der Waals surface area contributed by atoms with Crippen molar-refractivity contribution in [2.75, 3.05) is 6.54 Å². The number of fused-ring (bicyclic) bond motifs is 1. The largest absolute Gasteiger partial charge is 0.493 e. The van der Waals surface area contributed by atoms with Gasteiger partial charge in [-0.1, -0.05) is 36.4 Å². The Hall–Kier alpha value is -3.48. The van der Waals surface area contributed by atoms with Gasteiger partial charge >= 0.3 is 0 Å². The van der Waals surface area contributed by atoms with E-state index in [1.54, 1.807) is 28.8 Å². The van der Waals surface area contributed by atoms with Gasteiger partial charge < -0.3 is 15.0 Å². The molecule has 2 N–H and O–H groups in total. The number of nitrogens with one attached hydrogen (secondary N) is 1. The van der Waals surface area contributed by atoms with Crippen molar-refractivity contribution in [1.82, 2.24) is 9.88 Å². The van der Waals surface area contributed by atoms with Gasteiger partial charge in [0.25, 0.3) is 11.8 Å². The van der Waals surface area contributed by atoms with E-state index in [0.717, 1.165) is 10.9 Å². The van der Waals surface area contributed by atoms with Crippen molar-refractivity contribution in [2.45, 2.75) is 26.3 Å². The third kappa shape index (κ3) is 4.25. The number of amides is 2. The van der Waals surface area contributed by atoms with E-state index < -0.39 is 5.91 Å². The highest BCUT2D eigenvalue weighted by Crippen LogP contribution is 2.38. The molecule has 0 unspecified atom stereocenters. The van der Waals surface area contributed by atoms with Gasteiger partial charge in [0.15, 0.2) is 5.69 Å². The quantitative estimate of drug-likeness (QED) is 0.477. The van der Waals surface area contributed by atoms with Gasteiger partial charge in [0.1, 0.15) is 0 Å². The highest BCUT2D eigenvalue weighted by molar-refractivity contribution is 5.95. The first-order valence-electron chi connectivity index (χ1n) is 9.19. The maximum atomic E-state index is 12.0. The third-order valence-corrected chi connectivity index (χ3v) is 4.38. The predicted molar refractivity (Wildman–Crippen MR) is 107 cm³/mol. The molecule has 28 heavy (non-hydrogen) atoms. The van der Waals surface area contributed by atoms with Crippen molar-refractivity contribution < 1.29 is 14.7 Å². The summed E-state index contributed by atoms with van der Waals surface area (Å²) in [4.78, 5) is 23.9. The van der Waals surface area contributed by atoms with Gasteiger partial charge in [-0.3, -0.25) is 9.59 Å². The lowest BCUT2D eigenvalue weighted by Crippen LogP contribution is -2.24. The number of carbonyl (C=O) groups is 2. The van der Waals surface area contributed by atoms with Crippen LogP contribution in [0, 0.1) is 0 Å². The molecule has 1 aromatic heterocycles. The average molecular weight is 378 g/mol. The Morgan fingerprint density at radius 3 is 2.54 bits per heavy atom. The molecule has 144 valence electrons. The first kappa shape index (κ1) is 19.3. The van der Waals surface area contributed by atoms with E-state index >= 15 is 0 Å². The van der Waals surface area contributed by atoms with Crippen molar-refractivity contribution in [3.63, 3.8) is 0 Å². The molecule has 1 heterocycles. The lowest BCUT2D eigenvalue weighted by atomic mass is 10.2. The minimum atomic E-state index is -0.401. The summed E-state index contributed by atoms with van der Waals surface area (Å²) < 4.78 is 1.72. The Morgan fingerprint density at radius 2 is 1.79 bits per heavy atom. The lowest BCUT2D eigenvalue weighted by molar-refractivity contribution is -0.118. The molecule has 0 aliphatic rings. The molecule has 0 aliphatic heterocycles. The fourth-order valence-electron chi connectivity index (χ4n) is 2.98. The van der Waals surface area contributed by atoms with Crippen LogP contribution >= 0.6 is 0 Å². The van der Waals surface area contributed by atoms with Crippen LogP contribution in [0.3, 0.4) is 0 Å². The molecule has 3 rings (SSSR count). The Balaban J connectivity index is 1.55. The summed E-state index contributed by atoms with van der Waals surface area (Å²) in [5, 5.41) is 21.6. The molecule has 2 amide bonds. The van der Waals surface area contributed by atoms with E-state index in [9.17, 15) is 14.7 Å². The Kier molecular flexibility index (Phi) is 6.16. The van der Waals surface area contributed by atoms with Crippen molar-refractivity contribution in [2.24, 2.45) is 10.2 Å². The number of hydrogen-bond donors (Lipinski definition) is 2. The first-order chi connectivity index (χ1) is 13.6. The second-order valence-corrected chi connectivity index (χ2v) is 6.25. The van der Waals surface area contributed by atoms with Gasteiger partial charge in [-0.2, -0.15) is 0 Å². The van der Waals surface area contributed by atoms with E-state index in [1.807, 2.05) is 37.3 Å². The van der Waals surface area contributed by atoms with Crippen LogP contribution in [0.5, 0.6) is 5.88 Å². The molecule has 3 aromatic rings. The van der Waals surface area contributed by atoms with Gasteiger partial charge in [0, 0.05) is 30.5 Å². The third-order valence-electron chi connectivity index (χ3n) is 4.38. The molecule has 0 bridgehead atoms. The molecule has 7 heteroatoms. The fraction of sp³-hybridized carbons (Fsp3) is 0.238. The van der Waals surface area contributed by atoms with Gasteiger partial charge in [-0.05, 0) is 31.5 Å². The van der Waals surface area contributed by atoms with E-state index in [1.165, 1.54) is 0 Å². The summed E-state index contributed by atoms with van der Waals surface area (Å²) in [6.45, 7) is 2.87. The zero-order valence-electron chi connectivity index (χ0n) is 15.6. The fourth-order valence-corrected chi connectivity index (χ4v) is 2.98. The molecular weight excluding hydrogens is 356 g/mol. The number of nitrogens with zero attached hydrogens (tertiary/aromatic N) is 3. The number of carbonyl (C=O) groups excluding carboxylic acids is 2. The maximum Gasteiger partial charge on any atom is 0.264 e. The van der Waals surface area contributed by atoms with Crippen LogP contribution < -0.4 is 5.32 Å². The van der Waals surface area contributed by atoms with Gasteiger partial charge in [0.2, 0.25) is 5.88 Å². The van der Waals surface area contributed by atoms with Crippen LogP contribution in [0.4, 0.5) is 5.69 Å². The Bertz CT molecular complexity index is 1010. The molecule has 0 spiro atoms. The van der Waals surface area contributed by atoms with E-state index in [2.05, 4.69) is 15.5 Å². The summed E-state index contributed by atoms with van der Waals surface area (Å²) in [7, 11) is 0. The second-order valence-electron chi connectivity index (χ2n) is 6.25. The number of rotatable bonds is 7. The number of aryl methyl sites for hydroxylation is 1. The highest BCUT2D eigenvalue weighted by Gasteiger charge is 2.15. The number of aromatic nitrogens is 1. The van der Waals surface area contributed by atoms with Crippen molar-refractivity contribution >= 4 is 28.4 Å². The van der Waals surface area contributed by atoms with Crippen molar-refractivity contribution in [1.29, 1.82) is 0 Å². The number of hydrogen-bond acceptors (Lipinski definition) is 4. The summed E-state index contributed by atoms with van der Waals surface area (Å²) >= 11 is 0. The zero-order valence-corrected chi connectivity index (χ0v) is 15.6. The van der Waals surface area contributed by atoms with E-state index in [4.69, 9.17) is 0 Å². The van der Waals surface area contributed by atoms with Crippen molar-refractivity contribution in [3.8, 4) is 5.88 Å². The molecule has 2 aromatic carbocycles. The minimum Gasteiger partial charge on any atom is -0.493 e. The van der Waals surface area contributed by atoms with Gasteiger partial charge in [-0.25, -0.2) is 0 Å². The van der Waals surface area contributed by atoms with E-state index in [0.29, 0.717) is 30.8 Å². The number of aromatic hydroxyl groups is 1. The number of benzene rings is 2. The molecule has 0 aliphatic carbocycles.